The molecule has 0 unspecified atom stereocenters. The molecule has 0 radical (unpaired) electrons. The van der Waals surface area contributed by atoms with Gasteiger partial charge in [0, 0.05) is 32.4 Å². The van der Waals surface area contributed by atoms with E-state index in [1.807, 2.05) is 18.3 Å². The lowest BCUT2D eigenvalue weighted by molar-refractivity contribution is 0.477. The third-order valence-electron chi connectivity index (χ3n) is 4.65. The van der Waals surface area contributed by atoms with Crippen LogP contribution < -0.4 is 10.9 Å². The van der Waals surface area contributed by atoms with Crippen LogP contribution in [-0.2, 0) is 19.6 Å². The monoisotopic (exact) mass is 516 g/mol. The first kappa shape index (κ1) is 23.7. The number of hydrogen-bond donors (Lipinski definition) is 1. The van der Waals surface area contributed by atoms with Crippen LogP contribution in [0.5, 0.6) is 0 Å². The van der Waals surface area contributed by atoms with Crippen molar-refractivity contribution in [2.24, 2.45) is 4.99 Å². The minimum atomic E-state index is 0. The lowest BCUT2D eigenvalue weighted by Gasteiger charge is -2.22. The van der Waals surface area contributed by atoms with Gasteiger partial charge in [-0.25, -0.2) is 4.99 Å². The molecule has 0 bridgehead atoms. The maximum absolute atomic E-state index is 11.9. The maximum atomic E-state index is 11.9. The molecule has 0 aliphatic heterocycles. The Labute approximate surface area is 195 Å². The van der Waals surface area contributed by atoms with E-state index in [9.17, 15) is 4.79 Å². The Morgan fingerprint density at radius 1 is 0.933 bits per heavy atom. The molecular weight excluding hydrogens is 487 g/mol. The van der Waals surface area contributed by atoms with Crippen LogP contribution in [0.25, 0.3) is 0 Å². The van der Waals surface area contributed by atoms with Gasteiger partial charge in [0.1, 0.15) is 0 Å². The predicted molar refractivity (Wildman–Crippen MR) is 134 cm³/mol. The van der Waals surface area contributed by atoms with Gasteiger partial charge in [0.2, 0.25) is 0 Å². The Bertz CT molecular complexity index is 984. The molecule has 0 fully saturated rings. The van der Waals surface area contributed by atoms with Crippen LogP contribution in [0.1, 0.15) is 23.6 Å². The standard InChI is InChI=1S/C24H28N4O.HI/c1-3-25-24(27(2)18-21-9-5-4-6-10-21)26-17-20-12-14-22(15-13-20)19-28-16-8-7-11-23(28)29;/h4-16H,3,17-19H2,1-2H3,(H,25,26);1H. The van der Waals surface area contributed by atoms with Crippen molar-refractivity contribution >= 4 is 29.9 Å². The summed E-state index contributed by atoms with van der Waals surface area (Å²) in [5, 5.41) is 3.36. The SMILES string of the molecule is CCNC(=NCc1ccc(Cn2ccccc2=O)cc1)N(C)Cc1ccccc1.I. The molecule has 2 aromatic carbocycles. The quantitative estimate of drug-likeness (QED) is 0.292. The fourth-order valence-electron chi connectivity index (χ4n) is 3.11. The highest BCUT2D eigenvalue weighted by molar-refractivity contribution is 14.0. The summed E-state index contributed by atoms with van der Waals surface area (Å²) in [7, 11) is 2.05. The molecule has 3 aromatic rings. The average molecular weight is 516 g/mol. The van der Waals surface area contributed by atoms with Gasteiger partial charge in [-0.2, -0.15) is 0 Å². The first-order chi connectivity index (χ1) is 14.2. The van der Waals surface area contributed by atoms with Crippen molar-refractivity contribution in [2.75, 3.05) is 13.6 Å². The molecule has 0 amide bonds. The molecule has 1 N–H and O–H groups in total. The summed E-state index contributed by atoms with van der Waals surface area (Å²) < 4.78 is 1.70. The summed E-state index contributed by atoms with van der Waals surface area (Å²) in [4.78, 5) is 18.8. The summed E-state index contributed by atoms with van der Waals surface area (Å²) in [5.41, 5.74) is 3.50. The zero-order valence-corrected chi connectivity index (χ0v) is 19.8. The van der Waals surface area contributed by atoms with E-state index >= 15 is 0 Å². The highest BCUT2D eigenvalue weighted by Gasteiger charge is 2.06. The van der Waals surface area contributed by atoms with Crippen LogP contribution in [0, 0.1) is 0 Å². The van der Waals surface area contributed by atoms with Gasteiger partial charge in [-0.1, -0.05) is 60.7 Å². The van der Waals surface area contributed by atoms with Gasteiger partial charge in [-0.05, 0) is 29.7 Å². The molecule has 0 saturated heterocycles. The molecule has 1 heterocycles. The molecule has 0 aliphatic carbocycles. The molecule has 0 spiro atoms. The molecule has 30 heavy (non-hydrogen) atoms. The number of aromatic nitrogens is 1. The number of guanidine groups is 1. The van der Waals surface area contributed by atoms with Gasteiger partial charge in [-0.15, -0.1) is 24.0 Å². The van der Waals surface area contributed by atoms with Gasteiger partial charge in [0.25, 0.3) is 5.56 Å². The molecule has 0 atom stereocenters. The molecule has 0 saturated carbocycles. The van der Waals surface area contributed by atoms with Crippen molar-refractivity contribution in [3.63, 3.8) is 0 Å². The Kier molecular flexibility index (Phi) is 9.60. The lowest BCUT2D eigenvalue weighted by atomic mass is 10.1. The highest BCUT2D eigenvalue weighted by atomic mass is 127. The molecule has 158 valence electrons. The third-order valence-corrected chi connectivity index (χ3v) is 4.65. The van der Waals surface area contributed by atoms with Gasteiger partial charge >= 0.3 is 0 Å². The Hall–Kier alpha value is -2.61. The summed E-state index contributed by atoms with van der Waals surface area (Å²) in [6, 6.07) is 23.9. The second kappa shape index (κ2) is 12.2. The number of aliphatic imine (C=N–C) groups is 1. The molecular formula is C24H29IN4O. The number of benzene rings is 2. The van der Waals surface area contributed by atoms with Crippen molar-refractivity contribution in [2.45, 2.75) is 26.6 Å². The summed E-state index contributed by atoms with van der Waals surface area (Å²) >= 11 is 0. The number of nitrogens with one attached hydrogen (secondary N) is 1. The van der Waals surface area contributed by atoms with E-state index in [1.165, 1.54) is 5.56 Å². The van der Waals surface area contributed by atoms with Crippen LogP contribution >= 0.6 is 24.0 Å². The van der Waals surface area contributed by atoms with E-state index in [0.717, 1.165) is 30.2 Å². The van der Waals surface area contributed by atoms with Crippen molar-refractivity contribution in [1.29, 1.82) is 0 Å². The second-order valence-electron chi connectivity index (χ2n) is 7.00. The van der Waals surface area contributed by atoms with Gasteiger partial charge in [0.15, 0.2) is 5.96 Å². The van der Waals surface area contributed by atoms with E-state index in [2.05, 4.69) is 72.7 Å². The van der Waals surface area contributed by atoms with Crippen molar-refractivity contribution in [1.82, 2.24) is 14.8 Å². The number of rotatable bonds is 7. The zero-order valence-electron chi connectivity index (χ0n) is 17.5. The average Bonchev–Trinajstić information content (AvgIpc) is 2.74. The van der Waals surface area contributed by atoms with Gasteiger partial charge in [-0.3, -0.25) is 4.79 Å². The molecule has 6 heteroatoms. The first-order valence-corrected chi connectivity index (χ1v) is 9.92. The highest BCUT2D eigenvalue weighted by Crippen LogP contribution is 2.08. The Balaban J connectivity index is 0.00000320. The van der Waals surface area contributed by atoms with Gasteiger partial charge in [0.05, 0.1) is 13.1 Å². The number of pyridine rings is 1. The van der Waals surface area contributed by atoms with Crippen molar-refractivity contribution in [3.05, 3.63) is 106 Å². The van der Waals surface area contributed by atoms with E-state index in [4.69, 9.17) is 4.99 Å². The number of hydrogen-bond acceptors (Lipinski definition) is 2. The topological polar surface area (TPSA) is 49.6 Å². The summed E-state index contributed by atoms with van der Waals surface area (Å²) in [5.74, 6) is 0.885. The minimum Gasteiger partial charge on any atom is -0.357 e. The molecule has 3 rings (SSSR count). The number of nitrogens with zero attached hydrogens (tertiary/aromatic N) is 3. The maximum Gasteiger partial charge on any atom is 0.250 e. The first-order valence-electron chi connectivity index (χ1n) is 9.92. The van der Waals surface area contributed by atoms with E-state index < -0.39 is 0 Å². The fourth-order valence-corrected chi connectivity index (χ4v) is 3.11. The number of halogens is 1. The normalized spacial score (nSPS) is 10.9. The van der Waals surface area contributed by atoms with Crippen molar-refractivity contribution in [3.8, 4) is 0 Å². The van der Waals surface area contributed by atoms with Crippen molar-refractivity contribution < 1.29 is 0 Å². The van der Waals surface area contributed by atoms with Gasteiger partial charge < -0.3 is 14.8 Å². The summed E-state index contributed by atoms with van der Waals surface area (Å²) in [6.45, 7) is 4.88. The van der Waals surface area contributed by atoms with Crippen LogP contribution in [0.3, 0.4) is 0 Å². The molecule has 5 nitrogen and oxygen atoms in total. The smallest absolute Gasteiger partial charge is 0.250 e. The molecule has 1 aromatic heterocycles. The Morgan fingerprint density at radius 2 is 1.60 bits per heavy atom. The van der Waals surface area contributed by atoms with Crippen LogP contribution in [0.2, 0.25) is 0 Å². The van der Waals surface area contributed by atoms with Crippen LogP contribution in [0.4, 0.5) is 0 Å². The predicted octanol–water partition coefficient (Wildman–Crippen LogP) is 4.11. The van der Waals surface area contributed by atoms with E-state index in [0.29, 0.717) is 13.1 Å². The van der Waals surface area contributed by atoms with E-state index in [-0.39, 0.29) is 29.5 Å². The fraction of sp³-hybridized carbons (Fsp3) is 0.250. The minimum absolute atomic E-state index is 0. The van der Waals surface area contributed by atoms with Crippen LogP contribution in [-0.4, -0.2) is 29.0 Å². The zero-order chi connectivity index (χ0) is 20.5. The van der Waals surface area contributed by atoms with Crippen LogP contribution in [0.15, 0.2) is 88.8 Å². The Morgan fingerprint density at radius 3 is 2.27 bits per heavy atom. The largest absolute Gasteiger partial charge is 0.357 e. The third kappa shape index (κ3) is 7.02. The second-order valence-corrected chi connectivity index (χ2v) is 7.00. The molecule has 0 aliphatic rings. The lowest BCUT2D eigenvalue weighted by Crippen LogP contribution is -2.38. The van der Waals surface area contributed by atoms with E-state index in [1.54, 1.807) is 16.7 Å². The summed E-state index contributed by atoms with van der Waals surface area (Å²) in [6.07, 6.45) is 1.81.